The Morgan fingerprint density at radius 2 is 1.07 bits per heavy atom. The maximum absolute atomic E-state index is 3.99. The first-order valence-corrected chi connectivity index (χ1v) is 14.0. The third kappa shape index (κ3) is 3.39. The summed E-state index contributed by atoms with van der Waals surface area (Å²) < 4.78 is 5.28. The minimum atomic E-state index is -1.64. The quantitative estimate of drug-likeness (QED) is 0.526. The highest BCUT2D eigenvalue weighted by Crippen LogP contribution is 2.32. The van der Waals surface area contributed by atoms with E-state index < -0.39 is 5.64 Å². The molecule has 88 valence electrons. The highest BCUT2D eigenvalue weighted by molar-refractivity contribution is 9.50. The zero-order valence-corrected chi connectivity index (χ0v) is 14.4. The van der Waals surface area contributed by atoms with E-state index in [1.165, 1.54) is 49.2 Å². The largest absolute Gasteiger partial charge is 0.354 e. The van der Waals surface area contributed by atoms with Crippen LogP contribution in [0.1, 0.15) is 0 Å². The summed E-state index contributed by atoms with van der Waals surface area (Å²) in [5, 5.41) is 0. The molecule has 2 aliphatic rings. The molecule has 0 aromatic heterocycles. The number of thioether (sulfide) groups is 2. The zero-order valence-electron chi connectivity index (χ0n) is 8.62. The smallest absolute Gasteiger partial charge is 0.293 e. The Kier molecular flexibility index (Phi) is 5.39. The molecule has 15 heavy (non-hydrogen) atoms. The second kappa shape index (κ2) is 6.11. The lowest BCUT2D eigenvalue weighted by atomic mass is 10.6. The van der Waals surface area contributed by atoms with E-state index in [1.54, 1.807) is 0 Å². The zero-order chi connectivity index (χ0) is 10.7. The van der Waals surface area contributed by atoms with Crippen molar-refractivity contribution in [3.05, 3.63) is 0 Å². The van der Waals surface area contributed by atoms with Gasteiger partial charge in [-0.05, 0) is 0 Å². The van der Waals surface area contributed by atoms with E-state index in [0.717, 1.165) is 0 Å². The summed E-state index contributed by atoms with van der Waals surface area (Å²) >= 11 is 12.1. The Labute approximate surface area is 117 Å². The summed E-state index contributed by atoms with van der Waals surface area (Å²) in [7, 11) is 0. The SMILES string of the molecule is Br[Si](Br)(N1CCSCC1)N1CCSCC1. The molecule has 2 saturated heterocycles. The van der Waals surface area contributed by atoms with Gasteiger partial charge in [0.15, 0.2) is 0 Å². The van der Waals surface area contributed by atoms with E-state index in [1.807, 2.05) is 0 Å². The van der Waals surface area contributed by atoms with Crippen molar-refractivity contribution >= 4 is 59.7 Å². The van der Waals surface area contributed by atoms with Crippen molar-refractivity contribution in [1.82, 2.24) is 9.13 Å². The number of halogens is 2. The van der Waals surface area contributed by atoms with Gasteiger partial charge in [-0.1, -0.05) is 30.6 Å². The molecule has 0 aliphatic carbocycles. The van der Waals surface area contributed by atoms with Gasteiger partial charge in [-0.2, -0.15) is 23.5 Å². The van der Waals surface area contributed by atoms with E-state index in [4.69, 9.17) is 0 Å². The molecule has 2 fully saturated rings. The van der Waals surface area contributed by atoms with Crippen molar-refractivity contribution in [3.8, 4) is 0 Å². The van der Waals surface area contributed by atoms with E-state index >= 15 is 0 Å². The molecule has 2 heterocycles. The normalized spacial score (nSPS) is 26.8. The summed E-state index contributed by atoms with van der Waals surface area (Å²) in [4.78, 5) is 0. The van der Waals surface area contributed by atoms with Gasteiger partial charge in [0.1, 0.15) is 0 Å². The number of rotatable bonds is 2. The summed E-state index contributed by atoms with van der Waals surface area (Å²) in [5.41, 5.74) is -1.64. The van der Waals surface area contributed by atoms with Crippen molar-refractivity contribution in [1.29, 1.82) is 0 Å². The summed E-state index contributed by atoms with van der Waals surface area (Å²) in [6.07, 6.45) is 0. The van der Waals surface area contributed by atoms with Crippen LogP contribution < -0.4 is 0 Å². The van der Waals surface area contributed by atoms with Crippen molar-refractivity contribution in [3.63, 3.8) is 0 Å². The Morgan fingerprint density at radius 1 is 0.733 bits per heavy atom. The first-order chi connectivity index (χ1) is 7.21. The summed E-state index contributed by atoms with van der Waals surface area (Å²) in [6.45, 7) is 4.93. The van der Waals surface area contributed by atoms with Crippen LogP contribution in [-0.2, 0) is 0 Å². The van der Waals surface area contributed by atoms with Gasteiger partial charge < -0.3 is 0 Å². The van der Waals surface area contributed by atoms with Crippen molar-refractivity contribution in [2.45, 2.75) is 0 Å². The summed E-state index contributed by atoms with van der Waals surface area (Å²) in [6, 6.07) is 0. The van der Waals surface area contributed by atoms with Crippen LogP contribution in [0.4, 0.5) is 0 Å². The molecule has 0 unspecified atom stereocenters. The molecule has 0 aromatic rings. The Morgan fingerprint density at radius 3 is 1.40 bits per heavy atom. The van der Waals surface area contributed by atoms with Gasteiger partial charge in [0.2, 0.25) is 0 Å². The van der Waals surface area contributed by atoms with Crippen LogP contribution in [0.3, 0.4) is 0 Å². The Bertz CT molecular complexity index is 189. The average molecular weight is 392 g/mol. The molecule has 0 radical (unpaired) electrons. The van der Waals surface area contributed by atoms with E-state index in [2.05, 4.69) is 63.2 Å². The molecule has 0 saturated carbocycles. The molecular weight excluding hydrogens is 376 g/mol. The molecule has 2 nitrogen and oxygen atoms in total. The molecule has 2 aliphatic heterocycles. The van der Waals surface area contributed by atoms with Crippen LogP contribution in [0.2, 0.25) is 0 Å². The van der Waals surface area contributed by atoms with Gasteiger partial charge in [-0.25, -0.2) is 0 Å². The maximum atomic E-state index is 3.99. The van der Waals surface area contributed by atoms with E-state index in [9.17, 15) is 0 Å². The molecule has 0 atom stereocenters. The van der Waals surface area contributed by atoms with Gasteiger partial charge in [0.05, 0.1) is 0 Å². The van der Waals surface area contributed by atoms with Crippen LogP contribution >= 0.6 is 54.1 Å². The lowest BCUT2D eigenvalue weighted by Gasteiger charge is -2.43. The van der Waals surface area contributed by atoms with Crippen LogP contribution in [0, 0.1) is 0 Å². The Hall–Kier alpha value is 1.80. The van der Waals surface area contributed by atoms with Gasteiger partial charge in [0.25, 0.3) is 0 Å². The van der Waals surface area contributed by atoms with Crippen LogP contribution in [0.5, 0.6) is 0 Å². The van der Waals surface area contributed by atoms with Crippen LogP contribution in [0.15, 0.2) is 0 Å². The first-order valence-electron chi connectivity index (χ1n) is 5.24. The van der Waals surface area contributed by atoms with Crippen LogP contribution in [0.25, 0.3) is 0 Å². The molecular formula is C8H16Br2N2S2Si. The summed E-state index contributed by atoms with van der Waals surface area (Å²) in [5.74, 6) is 5.14. The fraction of sp³-hybridized carbons (Fsp3) is 1.00. The second-order valence-electron chi connectivity index (χ2n) is 3.71. The third-order valence-electron chi connectivity index (χ3n) is 2.78. The topological polar surface area (TPSA) is 6.48 Å². The molecule has 2 rings (SSSR count). The molecule has 0 N–H and O–H groups in total. The minimum Gasteiger partial charge on any atom is -0.293 e. The average Bonchev–Trinajstić information content (AvgIpc) is 2.31. The number of hydrogen-bond acceptors (Lipinski definition) is 4. The predicted octanol–water partition coefficient (Wildman–Crippen LogP) is 2.31. The standard InChI is InChI=1S/C8H16Br2N2S2Si/c9-15(10,11-1-5-13-6-2-11)12-3-7-14-8-4-12/h1-8H2. The Balaban J connectivity index is 1.96. The van der Waals surface area contributed by atoms with Gasteiger partial charge in [-0.15, -0.1) is 0 Å². The monoisotopic (exact) mass is 390 g/mol. The molecule has 0 spiro atoms. The first kappa shape index (κ1) is 13.2. The predicted molar refractivity (Wildman–Crippen MR) is 81.4 cm³/mol. The van der Waals surface area contributed by atoms with Gasteiger partial charge in [0, 0.05) is 49.2 Å². The van der Waals surface area contributed by atoms with Crippen molar-refractivity contribution in [2.24, 2.45) is 0 Å². The van der Waals surface area contributed by atoms with Crippen LogP contribution in [-0.4, -0.2) is 64.0 Å². The molecule has 7 heteroatoms. The third-order valence-corrected chi connectivity index (χ3v) is 13.1. The van der Waals surface area contributed by atoms with Crippen molar-refractivity contribution < 1.29 is 0 Å². The van der Waals surface area contributed by atoms with E-state index in [0.29, 0.717) is 0 Å². The molecule has 0 aromatic carbocycles. The minimum absolute atomic E-state index is 1.23. The fourth-order valence-electron chi connectivity index (χ4n) is 1.86. The fourth-order valence-corrected chi connectivity index (χ4v) is 10.5. The number of nitrogens with zero attached hydrogens (tertiary/aromatic N) is 2. The van der Waals surface area contributed by atoms with Gasteiger partial charge >= 0.3 is 5.64 Å². The highest BCUT2D eigenvalue weighted by atomic mass is 79.9. The van der Waals surface area contributed by atoms with Crippen molar-refractivity contribution in [2.75, 3.05) is 49.2 Å². The highest BCUT2D eigenvalue weighted by Gasteiger charge is 2.42. The second-order valence-corrected chi connectivity index (χ2v) is 18.3. The maximum Gasteiger partial charge on any atom is 0.354 e. The molecule has 0 bridgehead atoms. The lowest BCUT2D eigenvalue weighted by Crippen LogP contribution is -2.61. The molecule has 0 amide bonds. The lowest BCUT2D eigenvalue weighted by molar-refractivity contribution is 0.389. The van der Waals surface area contributed by atoms with Gasteiger partial charge in [-0.3, -0.25) is 9.13 Å². The van der Waals surface area contributed by atoms with E-state index in [-0.39, 0.29) is 0 Å². The number of hydrogen-bond donors (Lipinski definition) is 0.